The van der Waals surface area contributed by atoms with Gasteiger partial charge < -0.3 is 15.1 Å². The number of rotatable bonds is 4. The molecule has 0 aromatic rings. The van der Waals surface area contributed by atoms with E-state index in [4.69, 9.17) is 0 Å². The van der Waals surface area contributed by atoms with E-state index in [0.717, 1.165) is 19.4 Å². The van der Waals surface area contributed by atoms with Crippen LogP contribution in [0.4, 0.5) is 0 Å². The monoisotopic (exact) mass is 227 g/mol. The van der Waals surface area contributed by atoms with Crippen molar-refractivity contribution in [2.75, 3.05) is 34.2 Å². The first-order valence-electron chi connectivity index (χ1n) is 5.68. The van der Waals surface area contributed by atoms with Crippen LogP contribution in [-0.4, -0.2) is 61.9 Å². The molecular weight excluding hydrogens is 206 g/mol. The van der Waals surface area contributed by atoms with Crippen LogP contribution in [-0.2, 0) is 9.59 Å². The van der Waals surface area contributed by atoms with Crippen LogP contribution in [0.3, 0.4) is 0 Å². The number of nitrogens with zero attached hydrogens (tertiary/aromatic N) is 2. The third-order valence-corrected chi connectivity index (χ3v) is 2.88. The number of likely N-dealkylation sites (N-methyl/N-ethyl adjacent to an activating group) is 2. The van der Waals surface area contributed by atoms with Gasteiger partial charge in [-0.1, -0.05) is 0 Å². The van der Waals surface area contributed by atoms with E-state index >= 15 is 0 Å². The molecule has 92 valence electrons. The van der Waals surface area contributed by atoms with Crippen molar-refractivity contribution in [3.63, 3.8) is 0 Å². The molecule has 1 N–H and O–H groups in total. The van der Waals surface area contributed by atoms with Crippen molar-refractivity contribution < 1.29 is 9.59 Å². The lowest BCUT2D eigenvalue weighted by atomic mass is 10.1. The van der Waals surface area contributed by atoms with Crippen molar-refractivity contribution >= 4 is 11.8 Å². The highest BCUT2D eigenvalue weighted by Gasteiger charge is 2.21. The molecule has 5 heteroatoms. The highest BCUT2D eigenvalue weighted by molar-refractivity contribution is 5.84. The zero-order valence-corrected chi connectivity index (χ0v) is 10.3. The van der Waals surface area contributed by atoms with Crippen molar-refractivity contribution in [3.8, 4) is 0 Å². The molecule has 0 aromatic carbocycles. The fourth-order valence-corrected chi connectivity index (χ4v) is 1.73. The fourth-order valence-electron chi connectivity index (χ4n) is 1.73. The molecule has 1 heterocycles. The summed E-state index contributed by atoms with van der Waals surface area (Å²) >= 11 is 0. The molecule has 0 aromatic heterocycles. The van der Waals surface area contributed by atoms with Gasteiger partial charge in [-0.2, -0.15) is 0 Å². The van der Waals surface area contributed by atoms with Crippen LogP contribution in [0.15, 0.2) is 0 Å². The topological polar surface area (TPSA) is 52.7 Å². The Balaban J connectivity index is 2.32. The molecule has 1 saturated heterocycles. The van der Waals surface area contributed by atoms with Crippen LogP contribution < -0.4 is 5.32 Å². The Morgan fingerprint density at radius 1 is 1.25 bits per heavy atom. The number of hydrogen-bond donors (Lipinski definition) is 1. The van der Waals surface area contributed by atoms with E-state index in [1.807, 2.05) is 0 Å². The Labute approximate surface area is 96.8 Å². The van der Waals surface area contributed by atoms with E-state index < -0.39 is 0 Å². The summed E-state index contributed by atoms with van der Waals surface area (Å²) < 4.78 is 0. The summed E-state index contributed by atoms with van der Waals surface area (Å²) in [5.41, 5.74) is 0. The minimum Gasteiger partial charge on any atom is -0.347 e. The predicted octanol–water partition coefficient (Wildman–Crippen LogP) is -0.325. The second-order valence-electron chi connectivity index (χ2n) is 4.54. The Kier molecular flexibility index (Phi) is 4.73. The lowest BCUT2D eigenvalue weighted by Crippen LogP contribution is -2.39. The minimum atomic E-state index is -0.0461. The molecular formula is C11H21N3O2. The van der Waals surface area contributed by atoms with Crippen LogP contribution in [0.1, 0.15) is 19.3 Å². The quantitative estimate of drug-likeness (QED) is 0.716. The van der Waals surface area contributed by atoms with E-state index in [2.05, 4.69) is 5.32 Å². The first-order chi connectivity index (χ1) is 7.50. The highest BCUT2D eigenvalue weighted by Crippen LogP contribution is 2.09. The van der Waals surface area contributed by atoms with Gasteiger partial charge in [-0.15, -0.1) is 0 Å². The molecule has 0 saturated carbocycles. The summed E-state index contributed by atoms with van der Waals surface area (Å²) in [4.78, 5) is 26.2. The number of carbonyl (C=O) groups is 2. The maximum absolute atomic E-state index is 11.8. The number of amides is 2. The van der Waals surface area contributed by atoms with E-state index in [0.29, 0.717) is 12.5 Å². The smallest absolute Gasteiger partial charge is 0.241 e. The third kappa shape index (κ3) is 3.81. The maximum atomic E-state index is 11.8. The zero-order valence-electron chi connectivity index (χ0n) is 10.3. The van der Waals surface area contributed by atoms with Crippen LogP contribution in [0.5, 0.6) is 0 Å². The molecule has 1 aliphatic rings. The summed E-state index contributed by atoms with van der Waals surface area (Å²) in [7, 11) is 5.07. The van der Waals surface area contributed by atoms with E-state index in [9.17, 15) is 9.59 Å². The number of hydrogen-bond acceptors (Lipinski definition) is 3. The second-order valence-corrected chi connectivity index (χ2v) is 4.54. The van der Waals surface area contributed by atoms with E-state index in [-0.39, 0.29) is 18.4 Å². The summed E-state index contributed by atoms with van der Waals surface area (Å²) in [5, 5.41) is 3.28. The summed E-state index contributed by atoms with van der Waals surface area (Å²) in [6.45, 7) is 1.16. The van der Waals surface area contributed by atoms with Gasteiger partial charge in [0, 0.05) is 33.6 Å². The van der Waals surface area contributed by atoms with Gasteiger partial charge in [0.05, 0.1) is 6.54 Å². The molecule has 1 rings (SSSR count). The van der Waals surface area contributed by atoms with Gasteiger partial charge in [0.1, 0.15) is 0 Å². The van der Waals surface area contributed by atoms with Gasteiger partial charge >= 0.3 is 0 Å². The normalized spacial score (nSPS) is 19.6. The average Bonchev–Trinajstić information content (AvgIpc) is 2.69. The minimum absolute atomic E-state index is 0.0367. The van der Waals surface area contributed by atoms with Gasteiger partial charge in [-0.3, -0.25) is 9.59 Å². The van der Waals surface area contributed by atoms with Gasteiger partial charge in [-0.25, -0.2) is 0 Å². The number of nitrogens with one attached hydrogen (secondary N) is 1. The number of carbonyl (C=O) groups excluding carboxylic acids is 2. The molecule has 16 heavy (non-hydrogen) atoms. The third-order valence-electron chi connectivity index (χ3n) is 2.88. The van der Waals surface area contributed by atoms with Crippen molar-refractivity contribution in [1.82, 2.24) is 15.1 Å². The molecule has 1 fully saturated rings. The molecule has 2 amide bonds. The van der Waals surface area contributed by atoms with Crippen LogP contribution >= 0.6 is 0 Å². The molecule has 1 atom stereocenters. The Morgan fingerprint density at radius 2 is 1.94 bits per heavy atom. The molecule has 0 aliphatic carbocycles. The van der Waals surface area contributed by atoms with Gasteiger partial charge in [0.25, 0.3) is 0 Å². The fraction of sp³-hybridized carbons (Fsp3) is 0.818. The largest absolute Gasteiger partial charge is 0.347 e. The Bertz CT molecular complexity index is 260. The Hall–Kier alpha value is -1.10. The molecule has 1 unspecified atom stereocenters. The van der Waals surface area contributed by atoms with Crippen molar-refractivity contribution in [1.29, 1.82) is 0 Å². The van der Waals surface area contributed by atoms with E-state index in [1.165, 1.54) is 9.80 Å². The Morgan fingerprint density at radius 3 is 2.44 bits per heavy atom. The molecule has 0 bridgehead atoms. The summed E-state index contributed by atoms with van der Waals surface area (Å²) in [6.07, 6.45) is 2.69. The van der Waals surface area contributed by atoms with Gasteiger partial charge in [0.2, 0.25) is 11.8 Å². The van der Waals surface area contributed by atoms with Crippen molar-refractivity contribution in [2.45, 2.75) is 25.3 Å². The molecule has 0 radical (unpaired) electrons. The van der Waals surface area contributed by atoms with Gasteiger partial charge in [-0.05, 0) is 19.4 Å². The van der Waals surface area contributed by atoms with Crippen LogP contribution in [0.25, 0.3) is 0 Å². The van der Waals surface area contributed by atoms with Gasteiger partial charge in [0.15, 0.2) is 0 Å². The maximum Gasteiger partial charge on any atom is 0.241 e. The molecule has 1 aliphatic heterocycles. The zero-order chi connectivity index (χ0) is 12.1. The highest BCUT2D eigenvalue weighted by atomic mass is 16.2. The van der Waals surface area contributed by atoms with Crippen molar-refractivity contribution in [3.05, 3.63) is 0 Å². The predicted molar refractivity (Wildman–Crippen MR) is 62.0 cm³/mol. The molecule has 5 nitrogen and oxygen atoms in total. The first kappa shape index (κ1) is 13.0. The van der Waals surface area contributed by atoms with E-state index in [1.54, 1.807) is 21.1 Å². The SMILES string of the molecule is CN(C)C(=O)CN(C)C(=O)CC1CCCN1. The van der Waals surface area contributed by atoms with Crippen molar-refractivity contribution in [2.24, 2.45) is 0 Å². The standard InChI is InChI=1S/C11H21N3O2/c1-13(2)11(16)8-14(3)10(15)7-9-5-4-6-12-9/h9,12H,4-8H2,1-3H3. The first-order valence-corrected chi connectivity index (χ1v) is 5.68. The lowest BCUT2D eigenvalue weighted by Gasteiger charge is -2.20. The second kappa shape index (κ2) is 5.84. The summed E-state index contributed by atoms with van der Waals surface area (Å²) in [5.74, 6) is -0.00942. The summed E-state index contributed by atoms with van der Waals surface area (Å²) in [6, 6.07) is 0.296. The lowest BCUT2D eigenvalue weighted by molar-refractivity contribution is -0.138. The van der Waals surface area contributed by atoms with Crippen LogP contribution in [0, 0.1) is 0 Å². The average molecular weight is 227 g/mol. The van der Waals surface area contributed by atoms with Crippen LogP contribution in [0.2, 0.25) is 0 Å². The molecule has 0 spiro atoms.